The lowest BCUT2D eigenvalue weighted by Crippen LogP contribution is -2.27. The molecule has 0 aliphatic heterocycles. The highest BCUT2D eigenvalue weighted by atomic mass is 32.1. The normalized spacial score (nSPS) is 14.7. The van der Waals surface area contributed by atoms with Crippen molar-refractivity contribution in [3.63, 3.8) is 0 Å². The maximum absolute atomic E-state index is 4.55. The van der Waals surface area contributed by atoms with Crippen molar-refractivity contribution >= 4 is 32.9 Å². The molecule has 0 fully saturated rings. The van der Waals surface area contributed by atoms with Crippen LogP contribution in [0.3, 0.4) is 0 Å². The largest absolute Gasteiger partial charge is 0.302 e. The molecule has 4 heteroatoms. The average molecular weight is 316 g/mol. The molecule has 3 heterocycles. The van der Waals surface area contributed by atoms with E-state index < -0.39 is 0 Å². The third kappa shape index (κ3) is 3.18. The molecule has 0 saturated carbocycles. The summed E-state index contributed by atoms with van der Waals surface area (Å²) in [5.74, 6) is 0.560. The van der Waals surface area contributed by atoms with Crippen molar-refractivity contribution in [2.75, 3.05) is 0 Å². The summed E-state index contributed by atoms with van der Waals surface area (Å²) in [7, 11) is 0. The van der Waals surface area contributed by atoms with Crippen LogP contribution in [0.1, 0.15) is 43.3 Å². The molecular formula is C17H20N2S2. The second-order valence-corrected chi connectivity index (χ2v) is 7.63. The summed E-state index contributed by atoms with van der Waals surface area (Å²) in [5.41, 5.74) is 2.35. The number of fused-ring (bicyclic) bond motifs is 1. The van der Waals surface area contributed by atoms with E-state index in [2.05, 4.69) is 66.1 Å². The highest BCUT2D eigenvalue weighted by molar-refractivity contribution is 7.17. The van der Waals surface area contributed by atoms with Gasteiger partial charge in [0.2, 0.25) is 0 Å². The first kappa shape index (κ1) is 14.7. The van der Waals surface area contributed by atoms with Gasteiger partial charge in [0, 0.05) is 23.2 Å². The van der Waals surface area contributed by atoms with E-state index in [0.717, 1.165) is 5.52 Å². The van der Waals surface area contributed by atoms with Crippen LogP contribution in [0.15, 0.2) is 41.2 Å². The molecule has 1 N–H and O–H groups in total. The van der Waals surface area contributed by atoms with Gasteiger partial charge in [0.05, 0.1) is 10.2 Å². The Morgan fingerprint density at radius 1 is 1.10 bits per heavy atom. The number of rotatable bonds is 5. The van der Waals surface area contributed by atoms with Gasteiger partial charge in [-0.1, -0.05) is 19.9 Å². The molecule has 0 bridgehead atoms. The molecule has 110 valence electrons. The molecule has 2 unspecified atom stereocenters. The van der Waals surface area contributed by atoms with E-state index in [4.69, 9.17) is 0 Å². The predicted octanol–water partition coefficient (Wildman–Crippen LogP) is 5.41. The van der Waals surface area contributed by atoms with E-state index in [1.165, 1.54) is 15.1 Å². The summed E-state index contributed by atoms with van der Waals surface area (Å²) in [4.78, 5) is 5.95. The Morgan fingerprint density at radius 3 is 2.67 bits per heavy atom. The Balaban J connectivity index is 1.81. The first-order valence-electron chi connectivity index (χ1n) is 7.27. The van der Waals surface area contributed by atoms with Crippen LogP contribution in [-0.4, -0.2) is 4.98 Å². The van der Waals surface area contributed by atoms with E-state index in [1.54, 1.807) is 11.3 Å². The van der Waals surface area contributed by atoms with E-state index in [9.17, 15) is 0 Å². The van der Waals surface area contributed by atoms with Gasteiger partial charge in [0.25, 0.3) is 0 Å². The Kier molecular flexibility index (Phi) is 4.38. The topological polar surface area (TPSA) is 24.9 Å². The fourth-order valence-corrected chi connectivity index (χ4v) is 4.28. The molecule has 3 aromatic heterocycles. The molecule has 0 saturated heterocycles. The number of hydrogen-bond donors (Lipinski definition) is 1. The number of nitrogens with one attached hydrogen (secondary N) is 1. The lowest BCUT2D eigenvalue weighted by Gasteiger charge is -2.26. The van der Waals surface area contributed by atoms with Crippen LogP contribution in [0.4, 0.5) is 0 Å². The summed E-state index contributed by atoms with van der Waals surface area (Å²) in [6.45, 7) is 6.76. The molecule has 21 heavy (non-hydrogen) atoms. The molecule has 0 spiro atoms. The fraction of sp³-hybridized carbons (Fsp3) is 0.353. The lowest BCUT2D eigenvalue weighted by atomic mass is 10.0. The van der Waals surface area contributed by atoms with Gasteiger partial charge in [-0.3, -0.25) is 4.98 Å². The zero-order valence-corrected chi connectivity index (χ0v) is 14.2. The number of nitrogens with zero attached hydrogens (tertiary/aromatic N) is 1. The molecule has 2 atom stereocenters. The lowest BCUT2D eigenvalue weighted by molar-refractivity contribution is 0.379. The van der Waals surface area contributed by atoms with Crippen molar-refractivity contribution in [1.29, 1.82) is 0 Å². The maximum Gasteiger partial charge on any atom is 0.0809 e. The van der Waals surface area contributed by atoms with Crippen LogP contribution >= 0.6 is 22.7 Å². The predicted molar refractivity (Wildman–Crippen MR) is 93.1 cm³/mol. The highest BCUT2D eigenvalue weighted by Gasteiger charge is 2.20. The number of thiophene rings is 2. The number of pyridine rings is 1. The Morgan fingerprint density at radius 2 is 1.95 bits per heavy atom. The molecule has 0 aromatic carbocycles. The smallest absolute Gasteiger partial charge is 0.0809 e. The highest BCUT2D eigenvalue weighted by Crippen LogP contribution is 2.30. The molecule has 2 nitrogen and oxygen atoms in total. The van der Waals surface area contributed by atoms with Crippen LogP contribution in [0.2, 0.25) is 0 Å². The van der Waals surface area contributed by atoms with E-state index in [1.807, 2.05) is 17.5 Å². The van der Waals surface area contributed by atoms with Gasteiger partial charge in [0.1, 0.15) is 0 Å². The van der Waals surface area contributed by atoms with Gasteiger partial charge < -0.3 is 5.32 Å². The summed E-state index contributed by atoms with van der Waals surface area (Å²) in [6, 6.07) is 9.36. The molecule has 0 radical (unpaired) electrons. The van der Waals surface area contributed by atoms with Gasteiger partial charge in [0.15, 0.2) is 0 Å². The Labute approximate surface area is 133 Å². The minimum atomic E-state index is 0.290. The zero-order chi connectivity index (χ0) is 14.8. The monoisotopic (exact) mass is 316 g/mol. The molecule has 0 aliphatic rings. The third-order valence-corrected chi connectivity index (χ3v) is 5.58. The molecular weight excluding hydrogens is 296 g/mol. The summed E-state index contributed by atoms with van der Waals surface area (Å²) in [6.07, 6.45) is 2.00. The summed E-state index contributed by atoms with van der Waals surface area (Å²) < 4.78 is 1.26. The van der Waals surface area contributed by atoms with E-state index >= 15 is 0 Å². The van der Waals surface area contributed by atoms with Crippen molar-refractivity contribution in [2.24, 2.45) is 5.92 Å². The summed E-state index contributed by atoms with van der Waals surface area (Å²) >= 11 is 3.58. The molecule has 0 amide bonds. The van der Waals surface area contributed by atoms with Gasteiger partial charge in [-0.15, -0.1) is 22.7 Å². The van der Waals surface area contributed by atoms with Gasteiger partial charge >= 0.3 is 0 Å². The van der Waals surface area contributed by atoms with Gasteiger partial charge in [-0.2, -0.15) is 0 Å². The fourth-order valence-electron chi connectivity index (χ4n) is 2.54. The van der Waals surface area contributed by atoms with E-state index in [-0.39, 0.29) is 0 Å². The SMILES string of the molecule is CC(NC(c1cccs1)C(C)C)c1cnc2ccsc2c1. The van der Waals surface area contributed by atoms with Crippen LogP contribution < -0.4 is 5.32 Å². The van der Waals surface area contributed by atoms with Crippen LogP contribution in [0.25, 0.3) is 10.2 Å². The number of aromatic nitrogens is 1. The quantitative estimate of drug-likeness (QED) is 0.681. The Hall–Kier alpha value is -1.23. The minimum absolute atomic E-state index is 0.290. The van der Waals surface area contributed by atoms with Crippen LogP contribution in [0.5, 0.6) is 0 Å². The van der Waals surface area contributed by atoms with Crippen LogP contribution in [0, 0.1) is 5.92 Å². The number of hydrogen-bond acceptors (Lipinski definition) is 4. The first-order valence-corrected chi connectivity index (χ1v) is 9.03. The minimum Gasteiger partial charge on any atom is -0.302 e. The standard InChI is InChI=1S/C17H20N2S2/c1-11(2)17(15-5-4-7-20-15)19-12(3)13-9-16-14(18-10-13)6-8-21-16/h4-12,17,19H,1-3H3. The molecule has 3 aromatic rings. The second-order valence-electron chi connectivity index (χ2n) is 5.70. The van der Waals surface area contributed by atoms with Crippen molar-refractivity contribution < 1.29 is 0 Å². The van der Waals surface area contributed by atoms with Crippen molar-refractivity contribution in [3.8, 4) is 0 Å². The Bertz CT molecular complexity index is 700. The van der Waals surface area contributed by atoms with Crippen molar-refractivity contribution in [3.05, 3.63) is 51.7 Å². The van der Waals surface area contributed by atoms with Crippen molar-refractivity contribution in [1.82, 2.24) is 10.3 Å². The van der Waals surface area contributed by atoms with Gasteiger partial charge in [-0.05, 0) is 47.4 Å². The third-order valence-electron chi connectivity index (χ3n) is 3.77. The van der Waals surface area contributed by atoms with Crippen molar-refractivity contribution in [2.45, 2.75) is 32.9 Å². The van der Waals surface area contributed by atoms with E-state index in [0.29, 0.717) is 18.0 Å². The second kappa shape index (κ2) is 6.26. The molecule has 0 aliphatic carbocycles. The zero-order valence-electron chi connectivity index (χ0n) is 12.5. The van der Waals surface area contributed by atoms with Crippen LogP contribution in [-0.2, 0) is 0 Å². The molecule has 3 rings (SSSR count). The van der Waals surface area contributed by atoms with Gasteiger partial charge in [-0.25, -0.2) is 0 Å². The summed E-state index contributed by atoms with van der Waals surface area (Å²) in [5, 5.41) is 8.02. The maximum atomic E-state index is 4.55. The first-order chi connectivity index (χ1) is 10.1. The average Bonchev–Trinajstić information content (AvgIpc) is 3.14.